The number of piperazine rings is 1. The fourth-order valence-electron chi connectivity index (χ4n) is 2.59. The third-order valence-electron chi connectivity index (χ3n) is 3.66. The summed E-state index contributed by atoms with van der Waals surface area (Å²) in [4.78, 5) is 13.9. The molecule has 1 aliphatic carbocycles. The van der Waals surface area contributed by atoms with Crippen LogP contribution in [0, 0.1) is 11.8 Å². The first-order chi connectivity index (χ1) is 6.24. The molecule has 3 nitrogen and oxygen atoms in total. The number of hydrogen-bond donors (Lipinski definition) is 1. The number of carbonyl (C=O) groups excluding carboxylic acids is 1. The predicted octanol–water partition coefficient (Wildman–Crippen LogP) is 0.215. The van der Waals surface area contributed by atoms with E-state index < -0.39 is 0 Å². The maximum absolute atomic E-state index is 11.8. The van der Waals surface area contributed by atoms with Crippen molar-refractivity contribution in [2.45, 2.75) is 31.8 Å². The number of hydrogen-bond acceptors (Lipinski definition) is 2. The lowest BCUT2D eigenvalue weighted by atomic mass is 9.91. The molecule has 3 heterocycles. The molecule has 3 heteroatoms. The molecule has 1 N–H and O–H groups in total. The molecule has 0 aromatic rings. The molecule has 2 bridgehead atoms. The molecule has 1 saturated carbocycles. The highest BCUT2D eigenvalue weighted by atomic mass is 16.2. The van der Waals surface area contributed by atoms with Crippen molar-refractivity contribution in [3.05, 3.63) is 0 Å². The predicted molar refractivity (Wildman–Crippen MR) is 49.2 cm³/mol. The molecule has 3 saturated heterocycles. The van der Waals surface area contributed by atoms with Crippen molar-refractivity contribution in [3.8, 4) is 0 Å². The van der Waals surface area contributed by atoms with E-state index in [-0.39, 0.29) is 0 Å². The first-order valence-corrected chi connectivity index (χ1v) is 5.29. The smallest absolute Gasteiger partial charge is 0.226 e. The van der Waals surface area contributed by atoms with Gasteiger partial charge in [-0.1, -0.05) is 6.92 Å². The summed E-state index contributed by atoms with van der Waals surface area (Å²) < 4.78 is 0. The van der Waals surface area contributed by atoms with Crippen LogP contribution in [0.2, 0.25) is 0 Å². The average molecular weight is 180 g/mol. The maximum Gasteiger partial charge on any atom is 0.226 e. The van der Waals surface area contributed by atoms with Crippen molar-refractivity contribution in [1.29, 1.82) is 0 Å². The SMILES string of the molecule is C[C@H]1C[C@H]1C(=O)N1C[C@H]2C[C@@H](C1)N2. The number of piperidine rings is 1. The van der Waals surface area contributed by atoms with E-state index in [0.717, 1.165) is 19.5 Å². The minimum absolute atomic E-state index is 0.373. The fraction of sp³-hybridized carbons (Fsp3) is 0.900. The second kappa shape index (κ2) is 2.47. The lowest BCUT2D eigenvalue weighted by Crippen LogP contribution is -2.67. The number of carbonyl (C=O) groups is 1. The van der Waals surface area contributed by atoms with Crippen LogP contribution in [0.15, 0.2) is 0 Å². The molecule has 72 valence electrons. The summed E-state index contributed by atoms with van der Waals surface area (Å²) in [5.41, 5.74) is 0. The third-order valence-corrected chi connectivity index (χ3v) is 3.66. The zero-order valence-corrected chi connectivity index (χ0v) is 7.99. The number of nitrogens with zero attached hydrogens (tertiary/aromatic N) is 1. The van der Waals surface area contributed by atoms with Gasteiger partial charge in [0.05, 0.1) is 0 Å². The molecule has 0 spiro atoms. The van der Waals surface area contributed by atoms with Gasteiger partial charge in [0.2, 0.25) is 5.91 Å². The Morgan fingerprint density at radius 1 is 1.31 bits per heavy atom. The van der Waals surface area contributed by atoms with Crippen LogP contribution in [0.1, 0.15) is 19.8 Å². The normalized spacial score (nSPS) is 47.0. The molecule has 4 fully saturated rings. The second-order valence-corrected chi connectivity index (χ2v) is 4.86. The van der Waals surface area contributed by atoms with E-state index in [9.17, 15) is 4.79 Å². The van der Waals surface area contributed by atoms with Gasteiger partial charge < -0.3 is 10.2 Å². The molecule has 0 unspecified atom stereocenters. The highest BCUT2D eigenvalue weighted by Gasteiger charge is 2.45. The van der Waals surface area contributed by atoms with Crippen LogP contribution in [0.25, 0.3) is 0 Å². The highest BCUT2D eigenvalue weighted by molar-refractivity contribution is 5.82. The van der Waals surface area contributed by atoms with Crippen molar-refractivity contribution in [3.63, 3.8) is 0 Å². The van der Waals surface area contributed by atoms with Crippen LogP contribution in [0.5, 0.6) is 0 Å². The Balaban J connectivity index is 1.63. The molecular formula is C10H16N2O. The van der Waals surface area contributed by atoms with Crippen molar-refractivity contribution in [1.82, 2.24) is 10.2 Å². The van der Waals surface area contributed by atoms with E-state index in [0.29, 0.717) is 29.8 Å². The van der Waals surface area contributed by atoms with E-state index in [4.69, 9.17) is 0 Å². The highest BCUT2D eigenvalue weighted by Crippen LogP contribution is 2.40. The van der Waals surface area contributed by atoms with E-state index in [1.54, 1.807) is 0 Å². The van der Waals surface area contributed by atoms with E-state index >= 15 is 0 Å². The zero-order valence-electron chi connectivity index (χ0n) is 7.99. The van der Waals surface area contributed by atoms with Crippen LogP contribution in [0.4, 0.5) is 0 Å². The Morgan fingerprint density at radius 3 is 2.31 bits per heavy atom. The maximum atomic E-state index is 11.8. The molecule has 4 atom stereocenters. The van der Waals surface area contributed by atoms with Crippen molar-refractivity contribution >= 4 is 5.91 Å². The first-order valence-electron chi connectivity index (χ1n) is 5.29. The number of nitrogens with one attached hydrogen (secondary N) is 1. The van der Waals surface area contributed by atoms with E-state index in [1.165, 1.54) is 6.42 Å². The first kappa shape index (κ1) is 7.80. The Hall–Kier alpha value is -0.570. The monoisotopic (exact) mass is 180 g/mol. The summed E-state index contributed by atoms with van der Waals surface area (Å²) in [5, 5.41) is 3.44. The van der Waals surface area contributed by atoms with Gasteiger partial charge in [-0.05, 0) is 18.8 Å². The van der Waals surface area contributed by atoms with Gasteiger partial charge in [0.15, 0.2) is 0 Å². The van der Waals surface area contributed by atoms with Crippen LogP contribution in [-0.4, -0.2) is 36.0 Å². The molecule has 0 radical (unpaired) electrons. The summed E-state index contributed by atoms with van der Waals surface area (Å²) in [6.45, 7) is 4.09. The van der Waals surface area contributed by atoms with Gasteiger partial charge in [0.25, 0.3) is 0 Å². The van der Waals surface area contributed by atoms with Gasteiger partial charge >= 0.3 is 0 Å². The number of amides is 1. The molecule has 13 heavy (non-hydrogen) atoms. The Morgan fingerprint density at radius 2 is 1.85 bits per heavy atom. The van der Waals surface area contributed by atoms with Gasteiger partial charge in [-0.3, -0.25) is 4.79 Å². The average Bonchev–Trinajstić information content (AvgIpc) is 2.80. The molecular weight excluding hydrogens is 164 g/mol. The van der Waals surface area contributed by atoms with Crippen LogP contribution < -0.4 is 5.32 Å². The quantitative estimate of drug-likeness (QED) is 0.626. The van der Waals surface area contributed by atoms with E-state index in [1.807, 2.05) is 0 Å². The van der Waals surface area contributed by atoms with Crippen molar-refractivity contribution in [2.75, 3.05) is 13.1 Å². The minimum atomic E-state index is 0.373. The summed E-state index contributed by atoms with van der Waals surface area (Å²) in [6.07, 6.45) is 2.40. The third kappa shape index (κ3) is 1.17. The topological polar surface area (TPSA) is 32.3 Å². The van der Waals surface area contributed by atoms with E-state index in [2.05, 4.69) is 17.1 Å². The van der Waals surface area contributed by atoms with Gasteiger partial charge in [-0.25, -0.2) is 0 Å². The molecule has 4 aliphatic rings. The lowest BCUT2D eigenvalue weighted by molar-refractivity contribution is -0.137. The largest absolute Gasteiger partial charge is 0.339 e. The Bertz CT molecular complexity index is 237. The van der Waals surface area contributed by atoms with Gasteiger partial charge in [0.1, 0.15) is 0 Å². The lowest BCUT2D eigenvalue weighted by Gasteiger charge is -2.48. The van der Waals surface area contributed by atoms with Gasteiger partial charge in [-0.15, -0.1) is 0 Å². The molecule has 3 aliphatic heterocycles. The Kier molecular flexibility index (Phi) is 1.48. The van der Waals surface area contributed by atoms with Crippen LogP contribution >= 0.6 is 0 Å². The van der Waals surface area contributed by atoms with Crippen molar-refractivity contribution in [2.24, 2.45) is 11.8 Å². The second-order valence-electron chi connectivity index (χ2n) is 4.86. The number of rotatable bonds is 1. The van der Waals surface area contributed by atoms with Crippen LogP contribution in [0.3, 0.4) is 0 Å². The summed E-state index contributed by atoms with van der Waals surface area (Å²) in [6, 6.07) is 1.22. The van der Waals surface area contributed by atoms with Gasteiger partial charge in [0, 0.05) is 31.1 Å². The summed E-state index contributed by atoms with van der Waals surface area (Å²) >= 11 is 0. The summed E-state index contributed by atoms with van der Waals surface area (Å²) in [7, 11) is 0. The number of fused-ring (bicyclic) bond motifs is 2. The fourth-order valence-corrected chi connectivity index (χ4v) is 2.59. The minimum Gasteiger partial charge on any atom is -0.339 e. The Labute approximate surface area is 78.5 Å². The summed E-state index contributed by atoms with van der Waals surface area (Å²) in [5.74, 6) is 1.44. The molecule has 1 amide bonds. The van der Waals surface area contributed by atoms with Crippen molar-refractivity contribution < 1.29 is 4.79 Å². The molecule has 0 aromatic carbocycles. The molecule has 4 rings (SSSR count). The van der Waals surface area contributed by atoms with Crippen LogP contribution in [-0.2, 0) is 4.79 Å². The van der Waals surface area contributed by atoms with Gasteiger partial charge in [-0.2, -0.15) is 0 Å². The zero-order chi connectivity index (χ0) is 9.00. The standard InChI is InChI=1S/C10H16N2O/c1-6-2-9(6)10(13)12-4-7-3-8(5-12)11-7/h6-9,11H,2-5H2,1H3/t6-,7-,8+,9+/m0/s1. The molecule has 0 aromatic heterocycles.